The van der Waals surface area contributed by atoms with Crippen LogP contribution < -0.4 is 4.72 Å². The highest BCUT2D eigenvalue weighted by atomic mass is 32.2. The molecule has 2 rings (SSSR count). The Balaban J connectivity index is 2.33. The predicted molar refractivity (Wildman–Crippen MR) is 94.0 cm³/mol. The van der Waals surface area contributed by atoms with Crippen LogP contribution in [0.25, 0.3) is 0 Å². The highest BCUT2D eigenvalue weighted by Crippen LogP contribution is 2.28. The van der Waals surface area contributed by atoms with Gasteiger partial charge in [0.05, 0.1) is 12.1 Å². The number of sulfonamides is 1. The largest absolute Gasteiger partial charge is 0.387 e. The minimum Gasteiger partial charge on any atom is -0.387 e. The van der Waals surface area contributed by atoms with Gasteiger partial charge >= 0.3 is 0 Å². The molecule has 23 heavy (non-hydrogen) atoms. The first-order valence-corrected chi connectivity index (χ1v) is 10.0. The van der Waals surface area contributed by atoms with Crippen LogP contribution in [0.5, 0.6) is 0 Å². The molecule has 0 amide bonds. The number of hydrogen-bond donors (Lipinski definition) is 2. The second-order valence-corrected chi connectivity index (χ2v) is 8.65. The third kappa shape index (κ3) is 4.20. The Morgan fingerprint density at radius 1 is 1.22 bits per heavy atom. The van der Waals surface area contributed by atoms with E-state index in [1.807, 2.05) is 45.0 Å². The van der Waals surface area contributed by atoms with Crippen LogP contribution in [0.4, 0.5) is 0 Å². The molecule has 1 aromatic carbocycles. The molecule has 2 aromatic rings. The zero-order valence-corrected chi connectivity index (χ0v) is 15.2. The summed E-state index contributed by atoms with van der Waals surface area (Å²) < 4.78 is 28.0. The van der Waals surface area contributed by atoms with Gasteiger partial charge in [0.15, 0.2) is 0 Å². The number of rotatable bonds is 7. The van der Waals surface area contributed by atoms with E-state index >= 15 is 0 Å². The number of thiophene rings is 1. The van der Waals surface area contributed by atoms with Crippen LogP contribution in [-0.4, -0.2) is 19.6 Å². The minimum absolute atomic E-state index is 0.000608. The molecular formula is C17H23NO3S2. The van der Waals surface area contributed by atoms with Crippen LogP contribution >= 0.6 is 11.3 Å². The second kappa shape index (κ2) is 7.57. The second-order valence-electron chi connectivity index (χ2n) is 5.77. The van der Waals surface area contributed by atoms with Crippen molar-refractivity contribution in [3.05, 3.63) is 52.9 Å². The lowest BCUT2D eigenvalue weighted by Crippen LogP contribution is -2.43. The molecule has 4 nitrogen and oxygen atoms in total. The van der Waals surface area contributed by atoms with Crippen LogP contribution in [-0.2, 0) is 10.0 Å². The van der Waals surface area contributed by atoms with Crippen molar-refractivity contribution >= 4 is 21.4 Å². The van der Waals surface area contributed by atoms with E-state index in [0.29, 0.717) is 0 Å². The van der Waals surface area contributed by atoms with Gasteiger partial charge in [-0.25, -0.2) is 13.1 Å². The predicted octanol–water partition coefficient (Wildman–Crippen LogP) is 3.48. The SMILES string of the molecule is CC[C@H](C)[C@H](NS(=O)(=O)c1cccs1)C(O)c1ccccc1C. The molecule has 2 N–H and O–H groups in total. The third-order valence-electron chi connectivity index (χ3n) is 4.16. The number of nitrogens with one attached hydrogen (secondary N) is 1. The fraction of sp³-hybridized carbons (Fsp3) is 0.412. The summed E-state index contributed by atoms with van der Waals surface area (Å²) >= 11 is 1.17. The van der Waals surface area contributed by atoms with E-state index in [9.17, 15) is 13.5 Å². The summed E-state index contributed by atoms with van der Waals surface area (Å²) in [5, 5.41) is 12.5. The van der Waals surface area contributed by atoms with Gasteiger partial charge in [-0.3, -0.25) is 0 Å². The van der Waals surface area contributed by atoms with Crippen molar-refractivity contribution in [1.29, 1.82) is 0 Å². The molecule has 0 bridgehead atoms. The van der Waals surface area contributed by atoms with E-state index in [1.165, 1.54) is 11.3 Å². The first-order valence-electron chi connectivity index (χ1n) is 7.66. The number of hydrogen-bond acceptors (Lipinski definition) is 4. The number of benzene rings is 1. The Bertz CT molecular complexity index is 726. The van der Waals surface area contributed by atoms with Gasteiger partial charge < -0.3 is 5.11 Å². The molecule has 1 aromatic heterocycles. The molecule has 0 aliphatic carbocycles. The Kier molecular flexibility index (Phi) is 5.97. The van der Waals surface area contributed by atoms with E-state index in [2.05, 4.69) is 4.72 Å². The van der Waals surface area contributed by atoms with Gasteiger partial charge in [-0.1, -0.05) is 50.6 Å². The van der Waals surface area contributed by atoms with Crippen molar-refractivity contribution in [2.75, 3.05) is 0 Å². The van der Waals surface area contributed by atoms with Gasteiger partial charge in [0.1, 0.15) is 4.21 Å². The quantitative estimate of drug-likeness (QED) is 0.801. The van der Waals surface area contributed by atoms with E-state index in [1.54, 1.807) is 17.5 Å². The topological polar surface area (TPSA) is 66.4 Å². The molecule has 0 saturated carbocycles. The molecule has 1 heterocycles. The lowest BCUT2D eigenvalue weighted by Gasteiger charge is -2.29. The van der Waals surface area contributed by atoms with E-state index in [4.69, 9.17) is 0 Å². The number of aryl methyl sites for hydroxylation is 1. The Morgan fingerprint density at radius 2 is 1.91 bits per heavy atom. The molecular weight excluding hydrogens is 330 g/mol. The summed E-state index contributed by atoms with van der Waals surface area (Å²) in [7, 11) is -3.63. The first-order chi connectivity index (χ1) is 10.9. The number of aliphatic hydroxyl groups excluding tert-OH is 1. The van der Waals surface area contributed by atoms with Gasteiger partial charge in [-0.2, -0.15) is 0 Å². The van der Waals surface area contributed by atoms with Gasteiger partial charge in [0.2, 0.25) is 10.0 Å². The fourth-order valence-electron chi connectivity index (χ4n) is 2.51. The van der Waals surface area contributed by atoms with E-state index in [-0.39, 0.29) is 10.1 Å². The molecule has 0 spiro atoms. The minimum atomic E-state index is -3.63. The summed E-state index contributed by atoms with van der Waals surface area (Å²) in [6.07, 6.45) is -0.124. The summed E-state index contributed by atoms with van der Waals surface area (Å²) in [6, 6.07) is 10.2. The van der Waals surface area contributed by atoms with Crippen LogP contribution in [0.1, 0.15) is 37.5 Å². The van der Waals surface area contributed by atoms with Crippen molar-refractivity contribution in [1.82, 2.24) is 4.72 Å². The average molecular weight is 354 g/mol. The van der Waals surface area contributed by atoms with E-state index in [0.717, 1.165) is 17.5 Å². The molecule has 0 saturated heterocycles. The Hall–Kier alpha value is -1.21. The van der Waals surface area contributed by atoms with Crippen LogP contribution in [0, 0.1) is 12.8 Å². The van der Waals surface area contributed by atoms with Crippen molar-refractivity contribution in [2.24, 2.45) is 5.92 Å². The summed E-state index contributed by atoms with van der Waals surface area (Å²) in [5.41, 5.74) is 1.70. The standard InChI is InChI=1S/C17H23NO3S2/c1-4-12(2)16(17(19)14-9-6-5-8-13(14)3)18-23(20,21)15-10-7-11-22-15/h5-12,16-19H,4H2,1-3H3/t12-,16-,17?/m0/s1. The van der Waals surface area contributed by atoms with Gasteiger partial charge in [-0.15, -0.1) is 11.3 Å². The molecule has 0 aliphatic rings. The third-order valence-corrected chi connectivity index (χ3v) is 7.01. The zero-order chi connectivity index (χ0) is 17.0. The van der Waals surface area contributed by atoms with Crippen molar-refractivity contribution in [3.8, 4) is 0 Å². The molecule has 6 heteroatoms. The molecule has 0 radical (unpaired) electrons. The summed E-state index contributed by atoms with van der Waals surface area (Å²) in [6.45, 7) is 5.85. The maximum Gasteiger partial charge on any atom is 0.250 e. The van der Waals surface area contributed by atoms with Crippen molar-refractivity contribution < 1.29 is 13.5 Å². The summed E-state index contributed by atoms with van der Waals surface area (Å²) in [5.74, 6) is -0.000608. The zero-order valence-electron chi connectivity index (χ0n) is 13.6. The average Bonchev–Trinajstić information content (AvgIpc) is 3.07. The molecule has 0 fully saturated rings. The van der Waals surface area contributed by atoms with Crippen molar-refractivity contribution in [3.63, 3.8) is 0 Å². The van der Waals surface area contributed by atoms with Gasteiger partial charge in [-0.05, 0) is 35.4 Å². The normalized spacial score (nSPS) is 16.0. The van der Waals surface area contributed by atoms with Gasteiger partial charge in [0.25, 0.3) is 0 Å². The van der Waals surface area contributed by atoms with Crippen molar-refractivity contribution in [2.45, 2.75) is 43.5 Å². The molecule has 126 valence electrons. The lowest BCUT2D eigenvalue weighted by molar-refractivity contribution is 0.111. The van der Waals surface area contributed by atoms with Crippen LogP contribution in [0.3, 0.4) is 0 Å². The molecule has 0 aliphatic heterocycles. The smallest absolute Gasteiger partial charge is 0.250 e. The number of aliphatic hydroxyl groups is 1. The highest BCUT2D eigenvalue weighted by molar-refractivity contribution is 7.91. The Labute approximate surface area is 142 Å². The lowest BCUT2D eigenvalue weighted by atomic mass is 9.89. The molecule has 1 unspecified atom stereocenters. The Morgan fingerprint density at radius 3 is 2.48 bits per heavy atom. The highest BCUT2D eigenvalue weighted by Gasteiger charge is 2.31. The molecule has 3 atom stereocenters. The fourth-order valence-corrected chi connectivity index (χ4v) is 4.87. The van der Waals surface area contributed by atoms with Crippen LogP contribution in [0.15, 0.2) is 46.0 Å². The maximum atomic E-state index is 12.5. The first kappa shape index (κ1) is 18.1. The maximum absolute atomic E-state index is 12.5. The van der Waals surface area contributed by atoms with Gasteiger partial charge in [0, 0.05) is 0 Å². The summed E-state index contributed by atoms with van der Waals surface area (Å²) in [4.78, 5) is 0. The van der Waals surface area contributed by atoms with Crippen LogP contribution in [0.2, 0.25) is 0 Å². The monoisotopic (exact) mass is 353 g/mol. The van der Waals surface area contributed by atoms with E-state index < -0.39 is 22.2 Å².